The highest BCUT2D eigenvalue weighted by Gasteiger charge is 2.24. The van der Waals surface area contributed by atoms with Crippen LogP contribution in [-0.4, -0.2) is 19.8 Å². The lowest BCUT2D eigenvalue weighted by Gasteiger charge is -2.24. The third-order valence-corrected chi connectivity index (χ3v) is 2.52. The molecule has 17 heavy (non-hydrogen) atoms. The minimum Gasteiger partial charge on any atom is -0.494 e. The van der Waals surface area contributed by atoms with Crippen LogP contribution in [0.3, 0.4) is 0 Å². The molecule has 1 aliphatic heterocycles. The van der Waals surface area contributed by atoms with Gasteiger partial charge in [-0.1, -0.05) is 12.1 Å². The predicted molar refractivity (Wildman–Crippen MR) is 62.0 cm³/mol. The zero-order valence-electron chi connectivity index (χ0n) is 9.23. The maximum Gasteiger partial charge on any atom is 0.407 e. The number of hydrogen-bond acceptors (Lipinski definition) is 3. The highest BCUT2D eigenvalue weighted by atomic mass is 35.5. The molecule has 0 unspecified atom stereocenters. The van der Waals surface area contributed by atoms with Crippen molar-refractivity contribution in [2.75, 3.05) is 13.7 Å². The number of ether oxygens (including phenoxy) is 2. The zero-order valence-corrected chi connectivity index (χ0v) is 10.1. The summed E-state index contributed by atoms with van der Waals surface area (Å²) in [5, 5.41) is 2.57. The molecule has 0 spiro atoms. The summed E-state index contributed by atoms with van der Waals surface area (Å²) >= 11 is 0. The molecule has 0 aromatic heterocycles. The summed E-state index contributed by atoms with van der Waals surface area (Å²) < 4.78 is 23.5. The molecule has 1 amide bonds. The van der Waals surface area contributed by atoms with Crippen LogP contribution in [0.1, 0.15) is 18.0 Å². The average Bonchev–Trinajstić information content (AvgIpc) is 2.29. The molecule has 0 saturated carbocycles. The van der Waals surface area contributed by atoms with Gasteiger partial charge in [0.05, 0.1) is 19.8 Å². The molecule has 6 heteroatoms. The normalized spacial score (nSPS) is 18.7. The molecule has 1 heterocycles. The van der Waals surface area contributed by atoms with Crippen molar-refractivity contribution in [3.05, 3.63) is 29.6 Å². The molecule has 1 fully saturated rings. The molecule has 1 saturated heterocycles. The topological polar surface area (TPSA) is 47.6 Å². The fourth-order valence-corrected chi connectivity index (χ4v) is 1.71. The lowest BCUT2D eigenvalue weighted by atomic mass is 10.0. The van der Waals surface area contributed by atoms with Crippen molar-refractivity contribution in [2.45, 2.75) is 12.5 Å². The van der Waals surface area contributed by atoms with E-state index in [-0.39, 0.29) is 24.2 Å². The van der Waals surface area contributed by atoms with Gasteiger partial charge in [0, 0.05) is 12.0 Å². The molecule has 1 atom stereocenters. The van der Waals surface area contributed by atoms with Gasteiger partial charge in [0.15, 0.2) is 11.6 Å². The molecular weight excluding hydrogens is 249 g/mol. The van der Waals surface area contributed by atoms with Gasteiger partial charge < -0.3 is 14.8 Å². The third-order valence-electron chi connectivity index (χ3n) is 2.52. The van der Waals surface area contributed by atoms with Crippen LogP contribution in [-0.2, 0) is 4.74 Å². The summed E-state index contributed by atoms with van der Waals surface area (Å²) in [5.74, 6) is -0.254. The summed E-state index contributed by atoms with van der Waals surface area (Å²) in [4.78, 5) is 11.0. The van der Waals surface area contributed by atoms with Gasteiger partial charge in [0.25, 0.3) is 0 Å². The number of hydrogen-bond donors (Lipinski definition) is 1. The number of carbonyl (C=O) groups is 1. The Balaban J connectivity index is 0.00000144. The number of halogens is 2. The second kappa shape index (κ2) is 5.72. The van der Waals surface area contributed by atoms with Crippen LogP contribution in [0.2, 0.25) is 0 Å². The van der Waals surface area contributed by atoms with Crippen molar-refractivity contribution < 1.29 is 18.7 Å². The van der Waals surface area contributed by atoms with Crippen molar-refractivity contribution in [1.82, 2.24) is 5.32 Å². The first-order chi connectivity index (χ1) is 7.72. The highest BCUT2D eigenvalue weighted by Crippen LogP contribution is 2.28. The number of cyclic esters (lactones) is 1. The van der Waals surface area contributed by atoms with Gasteiger partial charge in [0.1, 0.15) is 0 Å². The summed E-state index contributed by atoms with van der Waals surface area (Å²) in [6.07, 6.45) is 0.0361. The van der Waals surface area contributed by atoms with E-state index in [4.69, 9.17) is 9.47 Å². The minimum atomic E-state index is -0.515. The van der Waals surface area contributed by atoms with Crippen LogP contribution in [0.5, 0.6) is 5.75 Å². The summed E-state index contributed by atoms with van der Waals surface area (Å²) in [6, 6.07) is 4.52. The number of nitrogens with one attached hydrogen (secondary N) is 1. The molecule has 1 aromatic rings. The molecule has 0 radical (unpaired) electrons. The Morgan fingerprint density at radius 2 is 2.29 bits per heavy atom. The van der Waals surface area contributed by atoms with Gasteiger partial charge in [-0.2, -0.15) is 0 Å². The van der Waals surface area contributed by atoms with Gasteiger partial charge in [-0.05, 0) is 6.07 Å². The Bertz CT molecular complexity index is 414. The second-order valence-corrected chi connectivity index (χ2v) is 3.49. The van der Waals surface area contributed by atoms with E-state index in [0.717, 1.165) is 0 Å². The number of alkyl carbamates (subject to hydrolysis) is 1. The Morgan fingerprint density at radius 1 is 1.53 bits per heavy atom. The maximum atomic E-state index is 13.9. The number of amides is 1. The van der Waals surface area contributed by atoms with Gasteiger partial charge in [-0.25, -0.2) is 9.18 Å². The average molecular weight is 262 g/mol. The van der Waals surface area contributed by atoms with Crippen LogP contribution in [0.15, 0.2) is 18.2 Å². The van der Waals surface area contributed by atoms with Crippen LogP contribution in [0.4, 0.5) is 9.18 Å². The van der Waals surface area contributed by atoms with Gasteiger partial charge in [-0.3, -0.25) is 0 Å². The van der Waals surface area contributed by atoms with Gasteiger partial charge in [0.2, 0.25) is 0 Å². The molecule has 1 aromatic carbocycles. The first kappa shape index (κ1) is 13.6. The highest BCUT2D eigenvalue weighted by molar-refractivity contribution is 5.85. The van der Waals surface area contributed by atoms with Crippen molar-refractivity contribution >= 4 is 18.5 Å². The molecule has 4 nitrogen and oxygen atoms in total. The minimum absolute atomic E-state index is 0. The molecule has 94 valence electrons. The summed E-state index contributed by atoms with van der Waals surface area (Å²) in [6.45, 7) is 0.299. The fourth-order valence-electron chi connectivity index (χ4n) is 1.71. The lowest BCUT2D eigenvalue weighted by Crippen LogP contribution is -2.35. The Hall–Kier alpha value is -1.49. The second-order valence-electron chi connectivity index (χ2n) is 3.49. The van der Waals surface area contributed by atoms with Crippen molar-refractivity contribution in [3.63, 3.8) is 0 Å². The first-order valence-corrected chi connectivity index (χ1v) is 4.98. The summed E-state index contributed by atoms with van der Waals surface area (Å²) in [5.41, 5.74) is 0.427. The number of rotatable bonds is 2. The van der Waals surface area contributed by atoms with E-state index >= 15 is 0 Å². The quantitative estimate of drug-likeness (QED) is 0.889. The Morgan fingerprint density at radius 3 is 2.94 bits per heavy atom. The van der Waals surface area contributed by atoms with E-state index in [1.807, 2.05) is 0 Å². The molecular formula is C11H13ClFNO3. The monoisotopic (exact) mass is 261 g/mol. The SMILES string of the molecule is COc1cccc([C@@H]2CCOC(=O)N2)c1F.Cl. The van der Waals surface area contributed by atoms with Crippen LogP contribution in [0.25, 0.3) is 0 Å². The van der Waals surface area contributed by atoms with E-state index in [9.17, 15) is 9.18 Å². The third kappa shape index (κ3) is 2.79. The fraction of sp³-hybridized carbons (Fsp3) is 0.364. The lowest BCUT2D eigenvalue weighted by molar-refractivity contribution is 0.115. The largest absolute Gasteiger partial charge is 0.494 e. The summed E-state index contributed by atoms with van der Waals surface area (Å²) in [7, 11) is 1.41. The Labute approximate surface area is 105 Å². The van der Waals surface area contributed by atoms with E-state index in [1.54, 1.807) is 18.2 Å². The van der Waals surface area contributed by atoms with Crippen molar-refractivity contribution in [3.8, 4) is 5.75 Å². The maximum absolute atomic E-state index is 13.9. The number of methoxy groups -OCH3 is 1. The van der Waals surface area contributed by atoms with Crippen LogP contribution >= 0.6 is 12.4 Å². The van der Waals surface area contributed by atoms with Crippen molar-refractivity contribution in [1.29, 1.82) is 0 Å². The van der Waals surface area contributed by atoms with Crippen LogP contribution in [0, 0.1) is 5.82 Å². The molecule has 1 aliphatic rings. The first-order valence-electron chi connectivity index (χ1n) is 4.98. The van der Waals surface area contributed by atoms with E-state index in [1.165, 1.54) is 7.11 Å². The number of carbonyl (C=O) groups excluding carboxylic acids is 1. The molecule has 2 rings (SSSR count). The van der Waals surface area contributed by atoms with Crippen molar-refractivity contribution in [2.24, 2.45) is 0 Å². The van der Waals surface area contributed by atoms with E-state index in [2.05, 4.69) is 5.32 Å². The van der Waals surface area contributed by atoms with E-state index in [0.29, 0.717) is 18.6 Å². The molecule has 1 N–H and O–H groups in total. The van der Waals surface area contributed by atoms with Crippen LogP contribution < -0.4 is 10.1 Å². The van der Waals surface area contributed by atoms with Gasteiger partial charge in [-0.15, -0.1) is 12.4 Å². The predicted octanol–water partition coefficient (Wildman–Crippen LogP) is 2.43. The smallest absolute Gasteiger partial charge is 0.407 e. The van der Waals surface area contributed by atoms with E-state index < -0.39 is 11.9 Å². The standard InChI is InChI=1S/C11H12FNO3.ClH/c1-15-9-4-2-3-7(10(9)12)8-5-6-16-11(14)13-8;/h2-4,8H,5-6H2,1H3,(H,13,14);1H/t8-;/m0./s1. The van der Waals surface area contributed by atoms with Gasteiger partial charge >= 0.3 is 6.09 Å². The number of benzene rings is 1. The molecule has 0 bridgehead atoms. The zero-order chi connectivity index (χ0) is 11.5. The Kier molecular flexibility index (Phi) is 4.57. The molecule has 0 aliphatic carbocycles.